The van der Waals surface area contributed by atoms with Gasteiger partial charge in [0.15, 0.2) is 8.32 Å². The van der Waals surface area contributed by atoms with Crippen LogP contribution >= 0.6 is 0 Å². The number of hydrogen-bond acceptors (Lipinski definition) is 6. The molecule has 1 aliphatic heterocycles. The van der Waals surface area contributed by atoms with Gasteiger partial charge in [0.05, 0.1) is 6.61 Å². The molecular weight excluding hydrogens is 368 g/mol. The molecule has 2 heterocycles. The standard InChI is InChI=1S/C18H30N2O6Si/c1-11-9-20(17(23)19-16(11)22)15-8-13(25-12(2)21)14(26-15)10-24-27(6,7)18(3,4)5/h9,13-15H,8,10H2,1-7H3,(H,19,22,23)/t13-,14+,15+/m0/s1. The first-order chi connectivity index (χ1) is 12.3. The van der Waals surface area contributed by atoms with Crippen molar-refractivity contribution in [3.05, 3.63) is 32.6 Å². The Morgan fingerprint density at radius 1 is 1.37 bits per heavy atom. The summed E-state index contributed by atoms with van der Waals surface area (Å²) >= 11 is 0. The topological polar surface area (TPSA) is 99.6 Å². The van der Waals surface area contributed by atoms with Gasteiger partial charge in [-0.2, -0.15) is 0 Å². The normalized spacial score (nSPS) is 23.4. The molecule has 8 nitrogen and oxygen atoms in total. The van der Waals surface area contributed by atoms with Crippen molar-refractivity contribution in [2.24, 2.45) is 0 Å². The van der Waals surface area contributed by atoms with Crippen LogP contribution in [0.4, 0.5) is 0 Å². The molecule has 1 N–H and O–H groups in total. The van der Waals surface area contributed by atoms with Gasteiger partial charge in [0.25, 0.3) is 5.56 Å². The lowest BCUT2D eigenvalue weighted by Crippen LogP contribution is -2.44. The number of carbonyl (C=O) groups excluding carboxylic acids is 1. The molecule has 0 spiro atoms. The van der Waals surface area contributed by atoms with Crippen molar-refractivity contribution in [2.45, 2.75) is 77.6 Å². The van der Waals surface area contributed by atoms with Crippen molar-refractivity contribution in [1.82, 2.24) is 9.55 Å². The number of hydrogen-bond donors (Lipinski definition) is 1. The highest BCUT2D eigenvalue weighted by atomic mass is 28.4. The van der Waals surface area contributed by atoms with Crippen molar-refractivity contribution < 1.29 is 18.7 Å². The number of aromatic amines is 1. The van der Waals surface area contributed by atoms with Crippen LogP contribution in [-0.2, 0) is 18.7 Å². The van der Waals surface area contributed by atoms with E-state index in [1.54, 1.807) is 6.92 Å². The molecule has 1 fully saturated rings. The van der Waals surface area contributed by atoms with Gasteiger partial charge in [0.2, 0.25) is 0 Å². The summed E-state index contributed by atoms with van der Waals surface area (Å²) in [5, 5.41) is 0.0366. The summed E-state index contributed by atoms with van der Waals surface area (Å²) in [7, 11) is -2.01. The van der Waals surface area contributed by atoms with Gasteiger partial charge in [-0.3, -0.25) is 19.1 Å². The number of carbonyl (C=O) groups is 1. The zero-order valence-electron chi connectivity index (χ0n) is 17.1. The molecule has 1 aromatic heterocycles. The molecule has 1 aromatic rings. The van der Waals surface area contributed by atoms with E-state index in [1.807, 2.05) is 0 Å². The van der Waals surface area contributed by atoms with Gasteiger partial charge in [-0.15, -0.1) is 0 Å². The largest absolute Gasteiger partial charge is 0.460 e. The Labute approximate surface area is 160 Å². The molecule has 0 bridgehead atoms. The SMILES string of the molecule is CC(=O)O[C@H]1C[C@H](n2cc(C)c(=O)[nH]c2=O)O[C@@H]1CO[Si](C)(C)C(C)(C)C. The summed E-state index contributed by atoms with van der Waals surface area (Å²) < 4.78 is 19.0. The molecule has 0 aliphatic carbocycles. The van der Waals surface area contributed by atoms with Crippen LogP contribution in [0.5, 0.6) is 0 Å². The van der Waals surface area contributed by atoms with E-state index in [0.717, 1.165) is 0 Å². The van der Waals surface area contributed by atoms with E-state index in [9.17, 15) is 14.4 Å². The highest BCUT2D eigenvalue weighted by Crippen LogP contribution is 2.38. The molecule has 2 rings (SSSR count). The van der Waals surface area contributed by atoms with Crippen molar-refractivity contribution in [3.63, 3.8) is 0 Å². The quantitative estimate of drug-likeness (QED) is 0.602. The Kier molecular flexibility index (Phi) is 6.18. The first-order valence-corrected chi connectivity index (χ1v) is 12.0. The number of H-pyrrole nitrogens is 1. The minimum Gasteiger partial charge on any atom is -0.460 e. The lowest BCUT2D eigenvalue weighted by molar-refractivity contribution is -0.150. The molecular formula is C18H30N2O6Si. The summed E-state index contributed by atoms with van der Waals surface area (Å²) in [4.78, 5) is 37.5. The van der Waals surface area contributed by atoms with Gasteiger partial charge in [-0.25, -0.2) is 4.79 Å². The van der Waals surface area contributed by atoms with E-state index in [2.05, 4.69) is 38.8 Å². The van der Waals surface area contributed by atoms with Gasteiger partial charge in [0.1, 0.15) is 18.4 Å². The maximum Gasteiger partial charge on any atom is 0.330 e. The monoisotopic (exact) mass is 398 g/mol. The van der Waals surface area contributed by atoms with Gasteiger partial charge in [-0.1, -0.05) is 20.8 Å². The van der Waals surface area contributed by atoms with Crippen LogP contribution in [0.2, 0.25) is 18.1 Å². The van der Waals surface area contributed by atoms with Gasteiger partial charge in [0, 0.05) is 25.1 Å². The molecule has 0 amide bonds. The zero-order valence-corrected chi connectivity index (χ0v) is 18.1. The van der Waals surface area contributed by atoms with Gasteiger partial charge >= 0.3 is 11.7 Å². The number of esters is 1. The first-order valence-electron chi connectivity index (χ1n) is 9.10. The highest BCUT2D eigenvalue weighted by molar-refractivity contribution is 6.74. The third kappa shape index (κ3) is 4.97. The summed E-state index contributed by atoms with van der Waals surface area (Å²) in [5.74, 6) is -0.411. The van der Waals surface area contributed by atoms with Gasteiger partial charge < -0.3 is 13.9 Å². The summed E-state index contributed by atoms with van der Waals surface area (Å²) in [6, 6.07) is 0. The number of rotatable bonds is 5. The predicted molar refractivity (Wildman–Crippen MR) is 103 cm³/mol. The molecule has 0 saturated carbocycles. The van der Waals surface area contributed by atoms with Gasteiger partial charge in [-0.05, 0) is 25.1 Å². The van der Waals surface area contributed by atoms with Crippen LogP contribution in [0.25, 0.3) is 0 Å². The van der Waals surface area contributed by atoms with Crippen LogP contribution in [-0.4, -0.2) is 42.7 Å². The van der Waals surface area contributed by atoms with Crippen LogP contribution in [0, 0.1) is 6.92 Å². The van der Waals surface area contributed by atoms with E-state index in [4.69, 9.17) is 13.9 Å². The maximum atomic E-state index is 12.2. The fourth-order valence-corrected chi connectivity index (χ4v) is 3.68. The Morgan fingerprint density at radius 2 is 2.00 bits per heavy atom. The Balaban J connectivity index is 2.21. The van der Waals surface area contributed by atoms with E-state index < -0.39 is 44.0 Å². The molecule has 1 aliphatic rings. The number of ether oxygens (including phenoxy) is 2. The fraction of sp³-hybridized carbons (Fsp3) is 0.722. The van der Waals surface area contributed by atoms with Crippen molar-refractivity contribution >= 4 is 14.3 Å². The van der Waals surface area contributed by atoms with Crippen molar-refractivity contribution in [1.29, 1.82) is 0 Å². The fourth-order valence-electron chi connectivity index (χ4n) is 2.67. The predicted octanol–water partition coefficient (Wildman–Crippen LogP) is 2.09. The summed E-state index contributed by atoms with van der Waals surface area (Å²) in [5.41, 5.74) is -0.574. The minimum atomic E-state index is -2.01. The second-order valence-electron chi connectivity index (χ2n) is 8.56. The highest BCUT2D eigenvalue weighted by Gasteiger charge is 2.43. The second kappa shape index (κ2) is 7.73. The van der Waals surface area contributed by atoms with Crippen LogP contribution in [0.15, 0.2) is 15.8 Å². The van der Waals surface area contributed by atoms with E-state index in [1.165, 1.54) is 17.7 Å². The summed E-state index contributed by atoms with van der Waals surface area (Å²) in [6.45, 7) is 13.9. The average molecular weight is 399 g/mol. The van der Waals surface area contributed by atoms with E-state index >= 15 is 0 Å². The van der Waals surface area contributed by atoms with Crippen LogP contribution in [0.1, 0.15) is 45.9 Å². The first kappa shape index (κ1) is 21.6. The van der Waals surface area contributed by atoms with Crippen molar-refractivity contribution in [3.8, 4) is 0 Å². The molecule has 1 saturated heterocycles. The Hall–Kier alpha value is -1.71. The third-order valence-corrected chi connectivity index (χ3v) is 9.87. The van der Waals surface area contributed by atoms with Crippen LogP contribution < -0.4 is 11.2 Å². The third-order valence-electron chi connectivity index (χ3n) is 5.37. The molecule has 0 aromatic carbocycles. The lowest BCUT2D eigenvalue weighted by Gasteiger charge is -2.37. The van der Waals surface area contributed by atoms with E-state index in [0.29, 0.717) is 12.0 Å². The molecule has 0 unspecified atom stereocenters. The molecule has 0 radical (unpaired) electrons. The minimum absolute atomic E-state index is 0.0366. The number of aromatic nitrogens is 2. The molecule has 152 valence electrons. The Morgan fingerprint density at radius 3 is 2.56 bits per heavy atom. The Bertz CT molecular complexity index is 807. The number of nitrogens with one attached hydrogen (secondary N) is 1. The lowest BCUT2D eigenvalue weighted by atomic mass is 10.2. The maximum absolute atomic E-state index is 12.2. The smallest absolute Gasteiger partial charge is 0.330 e. The average Bonchev–Trinajstić information content (AvgIpc) is 2.89. The van der Waals surface area contributed by atoms with E-state index in [-0.39, 0.29) is 11.6 Å². The molecule has 9 heteroatoms. The zero-order chi connectivity index (χ0) is 20.6. The van der Waals surface area contributed by atoms with Crippen molar-refractivity contribution in [2.75, 3.05) is 6.61 Å². The summed E-state index contributed by atoms with van der Waals surface area (Å²) in [6.07, 6.45) is 0.151. The molecule has 27 heavy (non-hydrogen) atoms. The number of nitrogens with zero attached hydrogens (tertiary/aromatic N) is 1. The molecule has 3 atom stereocenters. The van der Waals surface area contributed by atoms with Crippen LogP contribution in [0.3, 0.4) is 0 Å². The number of aryl methyl sites for hydroxylation is 1. The second-order valence-corrected chi connectivity index (χ2v) is 13.4.